The Labute approximate surface area is 132 Å². The average Bonchev–Trinajstić information content (AvgIpc) is 2.47. The van der Waals surface area contributed by atoms with Crippen LogP contribution in [0.5, 0.6) is 0 Å². The average molecular weight is 354 g/mol. The van der Waals surface area contributed by atoms with Gasteiger partial charge in [-0.15, -0.1) is 0 Å². The summed E-state index contributed by atoms with van der Waals surface area (Å²) < 4.78 is 0.978. The molecule has 0 atom stereocenters. The maximum atomic E-state index is 12.3. The number of nitrogens with two attached hydrogens (primary N) is 1. The number of halogens is 1. The molecule has 0 saturated carbocycles. The SMILES string of the molecule is CC1(/C(N)=N/O)CCN(C(=O)Cc2cccc(Br)c2)CC1. The molecule has 1 saturated heterocycles. The lowest BCUT2D eigenvalue weighted by molar-refractivity contribution is -0.132. The number of amidine groups is 1. The van der Waals surface area contributed by atoms with Crippen LogP contribution in [0.3, 0.4) is 0 Å². The van der Waals surface area contributed by atoms with Crippen molar-refractivity contribution < 1.29 is 10.0 Å². The van der Waals surface area contributed by atoms with Gasteiger partial charge in [0.25, 0.3) is 0 Å². The Bertz CT molecular complexity index is 552. The Morgan fingerprint density at radius 1 is 1.48 bits per heavy atom. The highest BCUT2D eigenvalue weighted by atomic mass is 79.9. The fourth-order valence-corrected chi connectivity index (χ4v) is 3.01. The molecule has 2 rings (SSSR count). The molecule has 0 radical (unpaired) electrons. The van der Waals surface area contributed by atoms with Crippen LogP contribution in [0.25, 0.3) is 0 Å². The predicted octanol–water partition coefficient (Wildman–Crippen LogP) is 2.37. The molecule has 1 aliphatic heterocycles. The molecule has 0 aromatic heterocycles. The summed E-state index contributed by atoms with van der Waals surface area (Å²) in [6.07, 6.45) is 1.83. The number of hydrogen-bond acceptors (Lipinski definition) is 3. The van der Waals surface area contributed by atoms with E-state index >= 15 is 0 Å². The molecule has 1 aliphatic rings. The molecule has 0 spiro atoms. The molecule has 1 heterocycles. The highest BCUT2D eigenvalue weighted by Crippen LogP contribution is 2.31. The highest BCUT2D eigenvalue weighted by molar-refractivity contribution is 9.10. The van der Waals surface area contributed by atoms with Gasteiger partial charge < -0.3 is 15.8 Å². The van der Waals surface area contributed by atoms with Gasteiger partial charge in [0.2, 0.25) is 5.91 Å². The number of rotatable bonds is 3. The zero-order chi connectivity index (χ0) is 15.5. The number of amides is 1. The van der Waals surface area contributed by atoms with E-state index in [0.717, 1.165) is 10.0 Å². The van der Waals surface area contributed by atoms with Crippen molar-refractivity contribution in [1.82, 2.24) is 4.90 Å². The van der Waals surface area contributed by atoms with Gasteiger partial charge in [-0.2, -0.15) is 0 Å². The number of benzene rings is 1. The van der Waals surface area contributed by atoms with Crippen molar-refractivity contribution in [3.8, 4) is 0 Å². The molecule has 1 aromatic carbocycles. The zero-order valence-electron chi connectivity index (χ0n) is 12.1. The van der Waals surface area contributed by atoms with Crippen molar-refractivity contribution in [3.05, 3.63) is 34.3 Å². The van der Waals surface area contributed by atoms with Gasteiger partial charge in [0.15, 0.2) is 0 Å². The maximum absolute atomic E-state index is 12.3. The van der Waals surface area contributed by atoms with Crippen LogP contribution in [0, 0.1) is 5.41 Å². The van der Waals surface area contributed by atoms with Crippen LogP contribution < -0.4 is 5.73 Å². The number of hydrogen-bond donors (Lipinski definition) is 2. The summed E-state index contributed by atoms with van der Waals surface area (Å²) in [5.74, 6) is 0.372. The number of likely N-dealkylation sites (tertiary alicyclic amines) is 1. The normalized spacial score (nSPS) is 18.6. The van der Waals surface area contributed by atoms with Crippen LogP contribution in [0.2, 0.25) is 0 Å². The van der Waals surface area contributed by atoms with E-state index in [9.17, 15) is 4.79 Å². The van der Waals surface area contributed by atoms with Crippen LogP contribution >= 0.6 is 15.9 Å². The van der Waals surface area contributed by atoms with Gasteiger partial charge in [0.05, 0.1) is 6.42 Å². The summed E-state index contributed by atoms with van der Waals surface area (Å²) in [7, 11) is 0. The second kappa shape index (κ2) is 6.47. The van der Waals surface area contributed by atoms with Crippen molar-refractivity contribution in [2.24, 2.45) is 16.3 Å². The summed E-state index contributed by atoms with van der Waals surface area (Å²) in [4.78, 5) is 14.2. The smallest absolute Gasteiger partial charge is 0.226 e. The van der Waals surface area contributed by atoms with Gasteiger partial charge in [-0.25, -0.2) is 0 Å². The van der Waals surface area contributed by atoms with Gasteiger partial charge >= 0.3 is 0 Å². The van der Waals surface area contributed by atoms with Gasteiger partial charge in [-0.3, -0.25) is 4.79 Å². The topological polar surface area (TPSA) is 78.9 Å². The number of carbonyl (C=O) groups excluding carboxylic acids is 1. The second-order valence-corrected chi connectivity index (χ2v) is 6.65. The van der Waals surface area contributed by atoms with Crippen molar-refractivity contribution >= 4 is 27.7 Å². The van der Waals surface area contributed by atoms with E-state index in [-0.39, 0.29) is 17.2 Å². The minimum Gasteiger partial charge on any atom is -0.409 e. The molecule has 1 amide bonds. The first kappa shape index (κ1) is 15.8. The van der Waals surface area contributed by atoms with Gasteiger partial charge in [0.1, 0.15) is 5.84 Å². The molecule has 6 heteroatoms. The molecule has 0 aliphatic carbocycles. The van der Waals surface area contributed by atoms with Crippen molar-refractivity contribution in [1.29, 1.82) is 0 Å². The third-order valence-corrected chi connectivity index (χ3v) is 4.68. The molecule has 114 valence electrons. The summed E-state index contributed by atoms with van der Waals surface area (Å²) in [6.45, 7) is 3.25. The standard InChI is InChI=1S/C15H20BrN3O2/c1-15(14(17)18-21)5-7-19(8-6-15)13(20)10-11-3-2-4-12(16)9-11/h2-4,9,21H,5-8,10H2,1H3,(H2,17,18). The number of nitrogens with zero attached hydrogens (tertiary/aromatic N) is 2. The molecule has 0 bridgehead atoms. The summed E-state index contributed by atoms with van der Waals surface area (Å²) in [6, 6.07) is 7.78. The van der Waals surface area contributed by atoms with Crippen LogP contribution in [0.15, 0.2) is 33.9 Å². The van der Waals surface area contributed by atoms with E-state index in [1.807, 2.05) is 36.1 Å². The van der Waals surface area contributed by atoms with E-state index in [1.165, 1.54) is 0 Å². The van der Waals surface area contributed by atoms with Crippen molar-refractivity contribution in [3.63, 3.8) is 0 Å². The third kappa shape index (κ3) is 3.75. The summed E-state index contributed by atoms with van der Waals surface area (Å²) >= 11 is 3.41. The van der Waals surface area contributed by atoms with E-state index in [0.29, 0.717) is 32.4 Å². The molecule has 0 unspecified atom stereocenters. The van der Waals surface area contributed by atoms with Crippen LogP contribution in [-0.4, -0.2) is 34.9 Å². The van der Waals surface area contributed by atoms with E-state index in [1.54, 1.807) is 0 Å². The highest BCUT2D eigenvalue weighted by Gasteiger charge is 2.35. The Morgan fingerprint density at radius 2 is 2.14 bits per heavy atom. The molecule has 1 aromatic rings. The molecule has 5 nitrogen and oxygen atoms in total. The van der Waals surface area contributed by atoms with Crippen LogP contribution in [0.1, 0.15) is 25.3 Å². The first-order valence-corrected chi connectivity index (χ1v) is 7.74. The molecular formula is C15H20BrN3O2. The predicted molar refractivity (Wildman–Crippen MR) is 85.2 cm³/mol. The molecule has 1 fully saturated rings. The minimum atomic E-state index is -0.318. The zero-order valence-corrected chi connectivity index (χ0v) is 13.6. The van der Waals surface area contributed by atoms with Gasteiger partial charge in [-0.1, -0.05) is 40.1 Å². The number of oxime groups is 1. The maximum Gasteiger partial charge on any atom is 0.226 e. The second-order valence-electron chi connectivity index (χ2n) is 5.73. The van der Waals surface area contributed by atoms with Crippen LogP contribution in [0.4, 0.5) is 0 Å². The molecular weight excluding hydrogens is 334 g/mol. The van der Waals surface area contributed by atoms with E-state index in [4.69, 9.17) is 10.9 Å². The first-order valence-electron chi connectivity index (χ1n) is 6.95. The lowest BCUT2D eigenvalue weighted by atomic mass is 9.79. The summed E-state index contributed by atoms with van der Waals surface area (Å²) in [5.41, 5.74) is 6.42. The molecule has 21 heavy (non-hydrogen) atoms. The Kier molecular flexibility index (Phi) is 4.88. The van der Waals surface area contributed by atoms with Crippen molar-refractivity contribution in [2.45, 2.75) is 26.2 Å². The summed E-state index contributed by atoms with van der Waals surface area (Å²) in [5, 5.41) is 11.9. The third-order valence-electron chi connectivity index (χ3n) is 4.19. The van der Waals surface area contributed by atoms with Crippen molar-refractivity contribution in [2.75, 3.05) is 13.1 Å². The van der Waals surface area contributed by atoms with E-state index < -0.39 is 0 Å². The van der Waals surface area contributed by atoms with Crippen LogP contribution in [-0.2, 0) is 11.2 Å². The Hall–Kier alpha value is -1.56. The van der Waals surface area contributed by atoms with Gasteiger partial charge in [-0.05, 0) is 30.5 Å². The lowest BCUT2D eigenvalue weighted by Gasteiger charge is -2.38. The first-order chi connectivity index (χ1) is 9.94. The minimum absolute atomic E-state index is 0.120. The largest absolute Gasteiger partial charge is 0.409 e. The Morgan fingerprint density at radius 3 is 2.71 bits per heavy atom. The fourth-order valence-electron chi connectivity index (χ4n) is 2.56. The fraction of sp³-hybridized carbons (Fsp3) is 0.467. The monoisotopic (exact) mass is 353 g/mol. The number of carbonyl (C=O) groups is 1. The number of piperidine rings is 1. The lowest BCUT2D eigenvalue weighted by Crippen LogP contribution is -2.47. The van der Waals surface area contributed by atoms with E-state index in [2.05, 4.69) is 21.1 Å². The van der Waals surface area contributed by atoms with Gasteiger partial charge in [0, 0.05) is 23.0 Å². The molecule has 3 N–H and O–H groups in total. The Balaban J connectivity index is 1.95. The quantitative estimate of drug-likeness (QED) is 0.379.